The Labute approximate surface area is 238 Å². The van der Waals surface area contributed by atoms with Crippen LogP contribution in [-0.2, 0) is 22.9 Å². The van der Waals surface area contributed by atoms with Crippen LogP contribution in [0.25, 0.3) is 10.8 Å². The molecule has 1 aliphatic rings. The van der Waals surface area contributed by atoms with Crippen LogP contribution in [0, 0.1) is 0 Å². The zero-order valence-corrected chi connectivity index (χ0v) is 23.9. The van der Waals surface area contributed by atoms with E-state index in [1.165, 1.54) is 16.7 Å². The first-order valence-electron chi connectivity index (χ1n) is 14.6. The van der Waals surface area contributed by atoms with Crippen molar-refractivity contribution < 1.29 is 13.5 Å². The van der Waals surface area contributed by atoms with Crippen molar-refractivity contribution in [3.05, 3.63) is 108 Å². The third kappa shape index (κ3) is 7.30. The normalized spacial score (nSPS) is 17.1. The zero-order valence-electron chi connectivity index (χ0n) is 23.1. The van der Waals surface area contributed by atoms with Crippen molar-refractivity contribution in [3.8, 4) is 5.75 Å². The van der Waals surface area contributed by atoms with Crippen LogP contribution in [-0.4, -0.2) is 32.7 Å². The molecule has 0 spiro atoms. The Morgan fingerprint density at radius 2 is 1.48 bits per heavy atom. The number of sulfonamides is 1. The molecule has 210 valence electrons. The van der Waals surface area contributed by atoms with Crippen molar-refractivity contribution in [1.82, 2.24) is 10.0 Å². The standard InChI is InChI=1S/C34H40N2O3S/c37-30-17-19-32-29(24-30)16-20-34(33(32)23-26-11-5-4-6-12-26)35-21-9-2-1-3-10-22-36-40(38,39)31-18-15-27-13-7-8-14-28(27)25-31/h4-8,11-15,17-19,24-25,33-37H,1-3,9-10,16,20-23H2. The quantitative estimate of drug-likeness (QED) is 0.160. The molecule has 1 aliphatic carbocycles. The number of rotatable bonds is 13. The van der Waals surface area contributed by atoms with E-state index in [9.17, 15) is 13.5 Å². The van der Waals surface area contributed by atoms with Gasteiger partial charge in [-0.2, -0.15) is 0 Å². The second kappa shape index (κ2) is 13.4. The summed E-state index contributed by atoms with van der Waals surface area (Å²) in [5, 5.41) is 15.8. The van der Waals surface area contributed by atoms with E-state index >= 15 is 0 Å². The molecule has 0 bridgehead atoms. The predicted molar refractivity (Wildman–Crippen MR) is 163 cm³/mol. The van der Waals surface area contributed by atoms with E-state index in [0.717, 1.165) is 68.7 Å². The Morgan fingerprint density at radius 1 is 0.750 bits per heavy atom. The summed E-state index contributed by atoms with van der Waals surface area (Å²) in [6, 6.07) is 30.0. The lowest BCUT2D eigenvalue weighted by atomic mass is 9.76. The molecule has 0 saturated carbocycles. The molecule has 0 saturated heterocycles. The largest absolute Gasteiger partial charge is 0.508 e. The monoisotopic (exact) mass is 556 g/mol. The van der Waals surface area contributed by atoms with Gasteiger partial charge in [-0.3, -0.25) is 0 Å². The van der Waals surface area contributed by atoms with Crippen LogP contribution >= 0.6 is 0 Å². The Hall–Kier alpha value is -3.19. The van der Waals surface area contributed by atoms with Crippen LogP contribution in [0.15, 0.2) is 95.9 Å². The van der Waals surface area contributed by atoms with Gasteiger partial charge in [-0.15, -0.1) is 0 Å². The van der Waals surface area contributed by atoms with Crippen LogP contribution in [0.4, 0.5) is 0 Å². The molecule has 0 aliphatic heterocycles. The van der Waals surface area contributed by atoms with Gasteiger partial charge >= 0.3 is 0 Å². The van der Waals surface area contributed by atoms with E-state index in [1.54, 1.807) is 12.1 Å². The van der Waals surface area contributed by atoms with Crippen LogP contribution in [0.1, 0.15) is 61.1 Å². The van der Waals surface area contributed by atoms with Crippen molar-refractivity contribution in [1.29, 1.82) is 0 Å². The van der Waals surface area contributed by atoms with Gasteiger partial charge in [0.15, 0.2) is 0 Å². The fourth-order valence-electron chi connectivity index (χ4n) is 5.96. The van der Waals surface area contributed by atoms with Gasteiger partial charge in [0.05, 0.1) is 4.90 Å². The molecule has 5 nitrogen and oxygen atoms in total. The molecule has 6 heteroatoms. The number of fused-ring (bicyclic) bond motifs is 2. The lowest BCUT2D eigenvalue weighted by Gasteiger charge is -2.35. The summed E-state index contributed by atoms with van der Waals surface area (Å²) in [4.78, 5) is 0.324. The fourth-order valence-corrected chi connectivity index (χ4v) is 7.07. The van der Waals surface area contributed by atoms with E-state index in [4.69, 9.17) is 0 Å². The fraction of sp³-hybridized carbons (Fsp3) is 0.353. The molecular formula is C34H40N2O3S. The molecule has 40 heavy (non-hydrogen) atoms. The van der Waals surface area contributed by atoms with E-state index in [2.05, 4.69) is 46.4 Å². The average molecular weight is 557 g/mol. The lowest BCUT2D eigenvalue weighted by molar-refractivity contribution is 0.378. The van der Waals surface area contributed by atoms with Gasteiger partial charge in [0.25, 0.3) is 0 Å². The van der Waals surface area contributed by atoms with Crippen molar-refractivity contribution in [2.45, 2.75) is 68.2 Å². The minimum Gasteiger partial charge on any atom is -0.508 e. The minimum atomic E-state index is -3.49. The zero-order chi connectivity index (χ0) is 27.8. The Balaban J connectivity index is 1.03. The Kier molecular flexibility index (Phi) is 9.53. The highest BCUT2D eigenvalue weighted by atomic mass is 32.2. The van der Waals surface area contributed by atoms with Crippen LogP contribution in [0.5, 0.6) is 5.75 Å². The molecule has 0 aromatic heterocycles. The summed E-state index contributed by atoms with van der Waals surface area (Å²) in [5.74, 6) is 0.743. The summed E-state index contributed by atoms with van der Waals surface area (Å²) in [5.41, 5.74) is 3.98. The lowest BCUT2D eigenvalue weighted by Crippen LogP contribution is -2.39. The maximum atomic E-state index is 12.7. The van der Waals surface area contributed by atoms with Crippen molar-refractivity contribution >= 4 is 20.8 Å². The molecule has 4 aromatic rings. The maximum Gasteiger partial charge on any atom is 0.240 e. The highest BCUT2D eigenvalue weighted by Crippen LogP contribution is 2.36. The number of benzene rings is 4. The third-order valence-corrected chi connectivity index (χ3v) is 9.58. The second-order valence-electron chi connectivity index (χ2n) is 11.0. The summed E-state index contributed by atoms with van der Waals surface area (Å²) >= 11 is 0. The molecule has 4 aromatic carbocycles. The molecular weight excluding hydrogens is 516 g/mol. The minimum absolute atomic E-state index is 0.324. The molecule has 2 atom stereocenters. The molecule has 3 N–H and O–H groups in total. The van der Waals surface area contributed by atoms with E-state index < -0.39 is 10.0 Å². The van der Waals surface area contributed by atoms with E-state index in [0.29, 0.717) is 29.1 Å². The first kappa shape index (κ1) is 28.3. The van der Waals surface area contributed by atoms with Crippen LogP contribution in [0.2, 0.25) is 0 Å². The number of hydrogen-bond acceptors (Lipinski definition) is 4. The highest BCUT2D eigenvalue weighted by Gasteiger charge is 2.29. The number of hydrogen-bond donors (Lipinski definition) is 3. The topological polar surface area (TPSA) is 78.4 Å². The number of nitrogens with one attached hydrogen (secondary N) is 2. The number of aromatic hydroxyl groups is 1. The summed E-state index contributed by atoms with van der Waals surface area (Å²) in [6.07, 6.45) is 8.24. The number of phenolic OH excluding ortho intramolecular Hbond substituents is 1. The van der Waals surface area contributed by atoms with Gasteiger partial charge in [-0.1, -0.05) is 86.0 Å². The van der Waals surface area contributed by atoms with Gasteiger partial charge in [0, 0.05) is 18.5 Å². The smallest absolute Gasteiger partial charge is 0.240 e. The first-order chi connectivity index (χ1) is 19.5. The van der Waals surface area contributed by atoms with E-state index in [1.807, 2.05) is 42.5 Å². The first-order valence-corrected chi connectivity index (χ1v) is 16.1. The molecule has 0 radical (unpaired) electrons. The van der Waals surface area contributed by atoms with Crippen molar-refractivity contribution in [2.24, 2.45) is 0 Å². The van der Waals surface area contributed by atoms with Gasteiger partial charge in [0.1, 0.15) is 5.75 Å². The summed E-state index contributed by atoms with van der Waals surface area (Å²) < 4.78 is 28.2. The second-order valence-corrected chi connectivity index (χ2v) is 12.7. The molecule has 0 heterocycles. The van der Waals surface area contributed by atoms with Crippen LogP contribution in [0.3, 0.4) is 0 Å². The van der Waals surface area contributed by atoms with Crippen LogP contribution < -0.4 is 10.0 Å². The maximum absolute atomic E-state index is 12.7. The predicted octanol–water partition coefficient (Wildman–Crippen LogP) is 6.71. The van der Waals surface area contributed by atoms with Crippen molar-refractivity contribution in [3.63, 3.8) is 0 Å². The summed E-state index contributed by atoms with van der Waals surface area (Å²) in [7, 11) is -3.49. The number of phenols is 1. The van der Waals surface area contributed by atoms with E-state index in [-0.39, 0.29) is 0 Å². The molecule has 0 amide bonds. The molecule has 0 fully saturated rings. The van der Waals surface area contributed by atoms with Gasteiger partial charge in [0.2, 0.25) is 10.0 Å². The SMILES string of the molecule is O=S(=O)(NCCCCCCCNC1CCc2cc(O)ccc2C1Cc1ccccc1)c1ccc2ccccc2c1. The third-order valence-electron chi connectivity index (χ3n) is 8.12. The van der Waals surface area contributed by atoms with Crippen molar-refractivity contribution in [2.75, 3.05) is 13.1 Å². The average Bonchev–Trinajstić information content (AvgIpc) is 2.97. The summed E-state index contributed by atoms with van der Waals surface area (Å²) in [6.45, 7) is 1.45. The van der Waals surface area contributed by atoms with Gasteiger partial charge < -0.3 is 10.4 Å². The molecule has 2 unspecified atom stereocenters. The molecule has 5 rings (SSSR count). The Morgan fingerprint density at radius 3 is 2.30 bits per heavy atom. The van der Waals surface area contributed by atoms with Gasteiger partial charge in [-0.25, -0.2) is 13.1 Å². The Bertz CT molecular complexity index is 1500. The number of aryl methyl sites for hydroxylation is 1. The number of unbranched alkanes of at least 4 members (excludes halogenated alkanes) is 4. The highest BCUT2D eigenvalue weighted by molar-refractivity contribution is 7.89. The van der Waals surface area contributed by atoms with Gasteiger partial charge in [-0.05, 0) is 90.4 Å².